The second kappa shape index (κ2) is 5.91. The highest BCUT2D eigenvalue weighted by Gasteiger charge is 2.06. The standard InChI is InChI=1S/C10H8Cl2N2OS2/c1-16-9-13-10(17-14-9)15-5-6-4-7(11)2-3-8(6)12/h2-4H,5H2,1H3. The third-order valence-corrected chi connectivity index (χ3v) is 3.83. The van der Waals surface area contributed by atoms with Crippen LogP contribution in [0.5, 0.6) is 5.19 Å². The molecule has 1 heterocycles. The van der Waals surface area contributed by atoms with E-state index in [9.17, 15) is 0 Å². The second-order valence-electron chi connectivity index (χ2n) is 3.07. The minimum atomic E-state index is 0.336. The molecule has 0 saturated carbocycles. The Morgan fingerprint density at radius 2 is 2.24 bits per heavy atom. The van der Waals surface area contributed by atoms with Crippen molar-refractivity contribution in [1.82, 2.24) is 9.36 Å². The first-order valence-corrected chi connectivity index (χ1v) is 7.39. The van der Waals surface area contributed by atoms with E-state index in [2.05, 4.69) is 9.36 Å². The first-order chi connectivity index (χ1) is 8.19. The third-order valence-electron chi connectivity index (χ3n) is 1.93. The molecule has 0 N–H and O–H groups in total. The van der Waals surface area contributed by atoms with Crippen LogP contribution >= 0.6 is 46.5 Å². The van der Waals surface area contributed by atoms with Crippen molar-refractivity contribution in [1.29, 1.82) is 0 Å². The summed E-state index contributed by atoms with van der Waals surface area (Å²) in [6, 6.07) is 5.26. The maximum Gasteiger partial charge on any atom is 0.294 e. The van der Waals surface area contributed by atoms with E-state index in [1.807, 2.05) is 6.26 Å². The Hall–Kier alpha value is -0.490. The summed E-state index contributed by atoms with van der Waals surface area (Å²) in [4.78, 5) is 4.17. The predicted molar refractivity (Wildman–Crippen MR) is 72.5 cm³/mol. The third kappa shape index (κ3) is 3.48. The van der Waals surface area contributed by atoms with Crippen molar-refractivity contribution < 1.29 is 4.74 Å². The molecule has 0 bridgehead atoms. The van der Waals surface area contributed by atoms with Gasteiger partial charge in [-0.05, 0) is 24.5 Å². The predicted octanol–water partition coefficient (Wildman–Crippen LogP) is 4.15. The molecule has 1 aromatic heterocycles. The van der Waals surface area contributed by atoms with Crippen LogP contribution in [0.4, 0.5) is 0 Å². The molecule has 0 amide bonds. The van der Waals surface area contributed by atoms with Crippen LogP contribution in [0.3, 0.4) is 0 Å². The van der Waals surface area contributed by atoms with E-state index in [0.717, 1.165) is 5.56 Å². The quantitative estimate of drug-likeness (QED) is 0.795. The monoisotopic (exact) mass is 306 g/mol. The van der Waals surface area contributed by atoms with E-state index in [-0.39, 0.29) is 0 Å². The SMILES string of the molecule is CSc1nsc(OCc2cc(Cl)ccc2Cl)n1. The zero-order valence-electron chi connectivity index (χ0n) is 8.81. The summed E-state index contributed by atoms with van der Waals surface area (Å²) in [7, 11) is 0. The molecule has 1 aromatic carbocycles. The average molecular weight is 307 g/mol. The van der Waals surface area contributed by atoms with Gasteiger partial charge in [-0.2, -0.15) is 9.36 Å². The van der Waals surface area contributed by atoms with Crippen LogP contribution in [0.1, 0.15) is 5.56 Å². The van der Waals surface area contributed by atoms with Gasteiger partial charge >= 0.3 is 0 Å². The largest absolute Gasteiger partial charge is 0.464 e. The van der Waals surface area contributed by atoms with E-state index in [1.54, 1.807) is 18.2 Å². The molecule has 17 heavy (non-hydrogen) atoms. The smallest absolute Gasteiger partial charge is 0.294 e. The Morgan fingerprint density at radius 1 is 1.41 bits per heavy atom. The summed E-state index contributed by atoms with van der Waals surface area (Å²) >= 11 is 14.6. The molecule has 0 aliphatic heterocycles. The fourth-order valence-electron chi connectivity index (χ4n) is 1.13. The minimum Gasteiger partial charge on any atom is -0.464 e. The maximum absolute atomic E-state index is 6.02. The number of rotatable bonds is 4. The van der Waals surface area contributed by atoms with Crippen LogP contribution < -0.4 is 4.74 Å². The lowest BCUT2D eigenvalue weighted by molar-refractivity contribution is 0.303. The molecular weight excluding hydrogens is 299 g/mol. The van der Waals surface area contributed by atoms with Gasteiger partial charge in [-0.25, -0.2) is 0 Å². The Kier molecular flexibility index (Phi) is 4.50. The first kappa shape index (κ1) is 13.0. The fraction of sp³-hybridized carbons (Fsp3) is 0.200. The number of hydrogen-bond acceptors (Lipinski definition) is 5. The van der Waals surface area contributed by atoms with Crippen molar-refractivity contribution in [3.63, 3.8) is 0 Å². The summed E-state index contributed by atoms with van der Waals surface area (Å²) in [5.74, 6) is 0. The fourth-order valence-corrected chi connectivity index (χ4v) is 2.58. The van der Waals surface area contributed by atoms with Crippen molar-refractivity contribution in [2.45, 2.75) is 11.8 Å². The van der Waals surface area contributed by atoms with Crippen molar-refractivity contribution in [2.75, 3.05) is 6.26 Å². The molecule has 0 saturated heterocycles. The molecule has 2 rings (SSSR count). The number of ether oxygens (including phenoxy) is 1. The van der Waals surface area contributed by atoms with E-state index < -0.39 is 0 Å². The minimum absolute atomic E-state index is 0.336. The second-order valence-corrected chi connectivity index (χ2v) is 5.40. The molecule has 0 aliphatic carbocycles. The Bertz CT molecular complexity index is 519. The summed E-state index contributed by atoms with van der Waals surface area (Å²) in [5.41, 5.74) is 0.833. The van der Waals surface area contributed by atoms with Crippen LogP contribution in [-0.2, 0) is 6.61 Å². The molecular formula is C10H8Cl2N2OS2. The Morgan fingerprint density at radius 3 is 2.94 bits per heavy atom. The molecule has 0 fully saturated rings. The summed E-state index contributed by atoms with van der Waals surface area (Å²) in [6.07, 6.45) is 1.92. The summed E-state index contributed by atoms with van der Waals surface area (Å²) in [5, 5.41) is 2.51. The van der Waals surface area contributed by atoms with Crippen molar-refractivity contribution in [3.05, 3.63) is 33.8 Å². The van der Waals surface area contributed by atoms with Gasteiger partial charge < -0.3 is 4.74 Å². The number of thioether (sulfide) groups is 1. The van der Waals surface area contributed by atoms with Crippen molar-refractivity contribution >= 4 is 46.5 Å². The van der Waals surface area contributed by atoms with Gasteiger partial charge in [0.25, 0.3) is 5.19 Å². The number of nitrogens with zero attached hydrogens (tertiary/aromatic N) is 2. The van der Waals surface area contributed by atoms with Gasteiger partial charge in [-0.3, -0.25) is 0 Å². The normalized spacial score (nSPS) is 10.5. The summed E-state index contributed by atoms with van der Waals surface area (Å²) < 4.78 is 9.60. The zero-order valence-corrected chi connectivity index (χ0v) is 12.0. The zero-order chi connectivity index (χ0) is 12.3. The molecule has 0 atom stereocenters. The van der Waals surface area contributed by atoms with Gasteiger partial charge in [-0.15, -0.1) is 0 Å². The van der Waals surface area contributed by atoms with E-state index in [0.29, 0.717) is 27.0 Å². The lowest BCUT2D eigenvalue weighted by atomic mass is 10.2. The molecule has 7 heteroatoms. The first-order valence-electron chi connectivity index (χ1n) is 4.63. The molecule has 3 nitrogen and oxygen atoms in total. The molecule has 0 unspecified atom stereocenters. The molecule has 0 spiro atoms. The molecule has 2 aromatic rings. The van der Waals surface area contributed by atoms with Crippen molar-refractivity contribution in [2.24, 2.45) is 0 Å². The Labute approximate surface area is 117 Å². The van der Waals surface area contributed by atoms with Crippen LogP contribution in [0.25, 0.3) is 0 Å². The molecule has 90 valence electrons. The summed E-state index contributed by atoms with van der Waals surface area (Å²) in [6.45, 7) is 0.336. The van der Waals surface area contributed by atoms with Crippen LogP contribution in [0.15, 0.2) is 23.4 Å². The number of hydrogen-bond donors (Lipinski definition) is 0. The van der Waals surface area contributed by atoms with Crippen molar-refractivity contribution in [3.8, 4) is 5.19 Å². The van der Waals surface area contributed by atoms with E-state index in [1.165, 1.54) is 23.3 Å². The van der Waals surface area contributed by atoms with Crippen LogP contribution in [0, 0.1) is 0 Å². The Balaban J connectivity index is 2.04. The number of halogens is 2. The maximum atomic E-state index is 6.02. The molecule has 0 aliphatic rings. The van der Waals surface area contributed by atoms with Gasteiger partial charge in [0.15, 0.2) is 0 Å². The van der Waals surface area contributed by atoms with Crippen LogP contribution in [0.2, 0.25) is 10.0 Å². The van der Waals surface area contributed by atoms with E-state index >= 15 is 0 Å². The highest BCUT2D eigenvalue weighted by molar-refractivity contribution is 7.98. The lowest BCUT2D eigenvalue weighted by Gasteiger charge is -2.04. The van der Waals surface area contributed by atoms with Gasteiger partial charge in [0.05, 0.1) is 0 Å². The highest BCUT2D eigenvalue weighted by Crippen LogP contribution is 2.24. The van der Waals surface area contributed by atoms with Gasteiger partial charge in [-0.1, -0.05) is 35.0 Å². The topological polar surface area (TPSA) is 35.0 Å². The van der Waals surface area contributed by atoms with E-state index in [4.69, 9.17) is 27.9 Å². The molecule has 0 radical (unpaired) electrons. The van der Waals surface area contributed by atoms with Gasteiger partial charge in [0.1, 0.15) is 6.61 Å². The number of benzene rings is 1. The lowest BCUT2D eigenvalue weighted by Crippen LogP contribution is -1.95. The average Bonchev–Trinajstić information content (AvgIpc) is 2.78. The number of aromatic nitrogens is 2. The van der Waals surface area contributed by atoms with Gasteiger partial charge in [0, 0.05) is 27.1 Å². The van der Waals surface area contributed by atoms with Crippen LogP contribution in [-0.4, -0.2) is 15.6 Å². The van der Waals surface area contributed by atoms with Gasteiger partial charge in [0.2, 0.25) is 5.16 Å². The highest BCUT2D eigenvalue weighted by atomic mass is 35.5.